The lowest BCUT2D eigenvalue weighted by Gasteiger charge is -2.19. The van der Waals surface area contributed by atoms with Crippen molar-refractivity contribution in [3.8, 4) is 11.5 Å². The zero-order valence-electron chi connectivity index (χ0n) is 18.3. The first-order valence-corrected chi connectivity index (χ1v) is 12.3. The summed E-state index contributed by atoms with van der Waals surface area (Å²) in [4.78, 5) is 12.8. The minimum Gasteiger partial charge on any atom is -0.486 e. The molecule has 2 N–H and O–H groups in total. The number of benzene rings is 3. The Labute approximate surface area is 193 Å². The Balaban J connectivity index is 1.44. The minimum absolute atomic E-state index is 0.0512. The lowest BCUT2D eigenvalue weighted by Crippen LogP contribution is -2.28. The molecule has 0 bridgehead atoms. The molecule has 3 aromatic carbocycles. The molecule has 0 fully saturated rings. The summed E-state index contributed by atoms with van der Waals surface area (Å²) in [5.74, 6) is 0.845. The number of carbonyl (C=O) groups excluding carboxylic acids is 1. The Hall–Kier alpha value is -3.52. The molecule has 8 heteroatoms. The fourth-order valence-electron chi connectivity index (χ4n) is 3.67. The van der Waals surface area contributed by atoms with Crippen LogP contribution in [0.2, 0.25) is 0 Å². The van der Waals surface area contributed by atoms with E-state index in [1.165, 1.54) is 23.8 Å². The first-order chi connectivity index (χ1) is 16.0. The van der Waals surface area contributed by atoms with Crippen LogP contribution in [0.5, 0.6) is 11.5 Å². The van der Waals surface area contributed by atoms with E-state index >= 15 is 0 Å². The predicted octanol–water partition coefficient (Wildman–Crippen LogP) is 4.18. The Kier molecular flexibility index (Phi) is 6.84. The third-order valence-electron chi connectivity index (χ3n) is 5.47. The van der Waals surface area contributed by atoms with Crippen LogP contribution in [0.4, 0.5) is 5.69 Å². The Morgan fingerprint density at radius 2 is 1.70 bits per heavy atom. The Bertz CT molecular complexity index is 1230. The van der Waals surface area contributed by atoms with Gasteiger partial charge in [-0.1, -0.05) is 43.3 Å². The first kappa shape index (κ1) is 22.7. The molecule has 0 aromatic heterocycles. The molecule has 1 amide bonds. The zero-order chi connectivity index (χ0) is 23.3. The summed E-state index contributed by atoms with van der Waals surface area (Å²) in [5.41, 5.74) is 1.84. The van der Waals surface area contributed by atoms with Gasteiger partial charge in [-0.3, -0.25) is 9.52 Å². The van der Waals surface area contributed by atoms with Gasteiger partial charge in [0.1, 0.15) is 13.2 Å². The van der Waals surface area contributed by atoms with Crippen molar-refractivity contribution in [2.24, 2.45) is 0 Å². The van der Waals surface area contributed by atoms with Gasteiger partial charge in [-0.25, -0.2) is 8.42 Å². The van der Waals surface area contributed by atoms with E-state index < -0.39 is 10.0 Å². The van der Waals surface area contributed by atoms with Gasteiger partial charge in [0, 0.05) is 29.8 Å². The van der Waals surface area contributed by atoms with Gasteiger partial charge in [-0.05, 0) is 42.3 Å². The molecule has 4 rings (SSSR count). The maximum Gasteiger partial charge on any atom is 0.262 e. The quantitative estimate of drug-likeness (QED) is 0.519. The maximum atomic E-state index is 12.9. The highest BCUT2D eigenvalue weighted by molar-refractivity contribution is 7.92. The summed E-state index contributed by atoms with van der Waals surface area (Å²) in [6.07, 6.45) is 0.889. The van der Waals surface area contributed by atoms with E-state index in [0.717, 1.165) is 6.42 Å². The van der Waals surface area contributed by atoms with Crippen molar-refractivity contribution in [2.45, 2.75) is 24.2 Å². The highest BCUT2D eigenvalue weighted by Crippen LogP contribution is 2.32. The Morgan fingerprint density at radius 3 is 2.45 bits per heavy atom. The fourth-order valence-corrected chi connectivity index (χ4v) is 4.73. The van der Waals surface area contributed by atoms with E-state index in [1.807, 2.05) is 30.3 Å². The number of nitrogens with one attached hydrogen (secondary N) is 2. The second kappa shape index (κ2) is 9.95. The van der Waals surface area contributed by atoms with Crippen molar-refractivity contribution in [3.63, 3.8) is 0 Å². The molecule has 172 valence electrons. The number of ether oxygens (including phenoxy) is 2. The van der Waals surface area contributed by atoms with Crippen LogP contribution in [-0.2, 0) is 10.0 Å². The lowest BCUT2D eigenvalue weighted by atomic mass is 9.96. The van der Waals surface area contributed by atoms with Gasteiger partial charge in [0.15, 0.2) is 11.5 Å². The van der Waals surface area contributed by atoms with Crippen LogP contribution in [0, 0.1) is 0 Å². The highest BCUT2D eigenvalue weighted by Gasteiger charge is 2.20. The third kappa shape index (κ3) is 5.46. The number of carbonyl (C=O) groups is 1. The van der Waals surface area contributed by atoms with E-state index in [4.69, 9.17) is 9.47 Å². The summed E-state index contributed by atoms with van der Waals surface area (Å²) >= 11 is 0. The molecule has 1 atom stereocenters. The molecule has 1 unspecified atom stereocenters. The maximum absolute atomic E-state index is 12.9. The molecule has 0 saturated heterocycles. The number of anilines is 1. The summed E-state index contributed by atoms with van der Waals surface area (Å²) in [6.45, 7) is 3.37. The predicted molar refractivity (Wildman–Crippen MR) is 126 cm³/mol. The van der Waals surface area contributed by atoms with E-state index in [1.54, 1.807) is 24.3 Å². The normalized spacial score (nSPS) is 13.7. The van der Waals surface area contributed by atoms with E-state index in [-0.39, 0.29) is 16.7 Å². The Morgan fingerprint density at radius 1 is 0.939 bits per heavy atom. The standard InChI is InChI=1S/C25H26N2O5S/c1-2-18(19-7-4-3-5-8-19)17-26-25(28)20-9-6-10-21(15-20)27-33(29,30)22-11-12-23-24(16-22)32-14-13-31-23/h3-12,15-16,18,27H,2,13-14,17H2,1H3,(H,26,28). The number of fused-ring (bicyclic) bond motifs is 1. The van der Waals surface area contributed by atoms with Gasteiger partial charge >= 0.3 is 0 Å². The lowest BCUT2D eigenvalue weighted by molar-refractivity contribution is 0.0951. The number of hydrogen-bond acceptors (Lipinski definition) is 5. The average Bonchev–Trinajstić information content (AvgIpc) is 2.84. The van der Waals surface area contributed by atoms with Crippen LogP contribution >= 0.6 is 0 Å². The molecule has 7 nitrogen and oxygen atoms in total. The van der Waals surface area contributed by atoms with Crippen LogP contribution in [-0.4, -0.2) is 34.1 Å². The fraction of sp³-hybridized carbons (Fsp3) is 0.240. The molecule has 1 aliphatic rings. The molecule has 0 radical (unpaired) electrons. The topological polar surface area (TPSA) is 93.7 Å². The van der Waals surface area contributed by atoms with Gasteiger partial charge in [0.25, 0.3) is 15.9 Å². The monoisotopic (exact) mass is 466 g/mol. The molecule has 0 saturated carbocycles. The average molecular weight is 467 g/mol. The van der Waals surface area contributed by atoms with Gasteiger partial charge in [-0.15, -0.1) is 0 Å². The van der Waals surface area contributed by atoms with Gasteiger partial charge in [-0.2, -0.15) is 0 Å². The molecular formula is C25H26N2O5S. The summed E-state index contributed by atoms with van der Waals surface area (Å²) in [6, 6.07) is 20.9. The van der Waals surface area contributed by atoms with Gasteiger partial charge < -0.3 is 14.8 Å². The van der Waals surface area contributed by atoms with Crippen LogP contribution in [0.15, 0.2) is 77.7 Å². The van der Waals surface area contributed by atoms with Crippen molar-refractivity contribution in [3.05, 3.63) is 83.9 Å². The number of amides is 1. The van der Waals surface area contributed by atoms with Crippen molar-refractivity contribution in [2.75, 3.05) is 24.5 Å². The van der Waals surface area contributed by atoms with Crippen molar-refractivity contribution < 1.29 is 22.7 Å². The van der Waals surface area contributed by atoms with Crippen molar-refractivity contribution in [1.82, 2.24) is 5.32 Å². The molecule has 1 aliphatic heterocycles. The van der Waals surface area contributed by atoms with Crippen molar-refractivity contribution in [1.29, 1.82) is 0 Å². The number of hydrogen-bond donors (Lipinski definition) is 2. The minimum atomic E-state index is -3.87. The van der Waals surface area contributed by atoms with E-state index in [0.29, 0.717) is 42.5 Å². The summed E-state index contributed by atoms with van der Waals surface area (Å²) < 4.78 is 39.2. The molecular weight excluding hydrogens is 440 g/mol. The summed E-state index contributed by atoms with van der Waals surface area (Å²) in [7, 11) is -3.87. The van der Waals surface area contributed by atoms with Crippen molar-refractivity contribution >= 4 is 21.6 Å². The first-order valence-electron chi connectivity index (χ1n) is 10.8. The summed E-state index contributed by atoms with van der Waals surface area (Å²) in [5, 5.41) is 2.96. The number of rotatable bonds is 8. The van der Waals surface area contributed by atoms with Crippen LogP contribution in [0.3, 0.4) is 0 Å². The third-order valence-corrected chi connectivity index (χ3v) is 6.85. The van der Waals surface area contributed by atoms with E-state index in [9.17, 15) is 13.2 Å². The number of sulfonamides is 1. The molecule has 0 aliphatic carbocycles. The molecule has 1 heterocycles. The molecule has 3 aromatic rings. The SMILES string of the molecule is CCC(CNC(=O)c1cccc(NS(=O)(=O)c2ccc3c(c2)OCCO3)c1)c1ccccc1. The van der Waals surface area contributed by atoms with E-state index in [2.05, 4.69) is 17.0 Å². The zero-order valence-corrected chi connectivity index (χ0v) is 19.1. The van der Waals surface area contributed by atoms with Gasteiger partial charge in [0.05, 0.1) is 4.90 Å². The second-order valence-electron chi connectivity index (χ2n) is 7.72. The largest absolute Gasteiger partial charge is 0.486 e. The molecule has 33 heavy (non-hydrogen) atoms. The smallest absolute Gasteiger partial charge is 0.262 e. The van der Waals surface area contributed by atoms with Crippen LogP contribution in [0.1, 0.15) is 35.2 Å². The van der Waals surface area contributed by atoms with Crippen LogP contribution < -0.4 is 19.5 Å². The molecule has 0 spiro atoms. The van der Waals surface area contributed by atoms with Crippen LogP contribution in [0.25, 0.3) is 0 Å². The second-order valence-corrected chi connectivity index (χ2v) is 9.40. The highest BCUT2D eigenvalue weighted by atomic mass is 32.2. The van der Waals surface area contributed by atoms with Gasteiger partial charge in [0.2, 0.25) is 0 Å².